The van der Waals surface area contributed by atoms with E-state index in [0.717, 1.165) is 5.56 Å². The molecule has 1 aromatic carbocycles. The van der Waals surface area contributed by atoms with Gasteiger partial charge in [0.25, 0.3) is 5.91 Å². The maximum absolute atomic E-state index is 12.1. The Kier molecular flexibility index (Phi) is 2.80. The van der Waals surface area contributed by atoms with E-state index in [1.807, 2.05) is 13.2 Å². The highest BCUT2D eigenvalue weighted by atomic mass is 16.2. The maximum Gasteiger partial charge on any atom is 0.253 e. The average Bonchev–Trinajstić information content (AvgIpc) is 3.05. The lowest BCUT2D eigenvalue weighted by atomic mass is 10.1. The summed E-state index contributed by atoms with van der Waals surface area (Å²) in [7, 11) is 1.81. The first-order valence-electron chi connectivity index (χ1n) is 6.07. The van der Waals surface area contributed by atoms with Gasteiger partial charge in [-0.2, -0.15) is 15.5 Å². The Hall–Kier alpha value is -2.94. The summed E-state index contributed by atoms with van der Waals surface area (Å²) in [6, 6.07) is 8.88. The number of carbonyl (C=O) groups is 1. The first-order valence-corrected chi connectivity index (χ1v) is 6.07. The number of hydrazone groups is 1. The van der Waals surface area contributed by atoms with Crippen molar-refractivity contribution in [1.29, 1.82) is 5.26 Å². The van der Waals surface area contributed by atoms with E-state index in [1.165, 1.54) is 5.01 Å². The van der Waals surface area contributed by atoms with Crippen molar-refractivity contribution in [3.63, 3.8) is 0 Å². The number of nitrogens with zero attached hydrogens (tertiary/aromatic N) is 5. The molecule has 2 heterocycles. The van der Waals surface area contributed by atoms with Gasteiger partial charge in [0.2, 0.25) is 0 Å². The van der Waals surface area contributed by atoms with Gasteiger partial charge >= 0.3 is 0 Å². The van der Waals surface area contributed by atoms with Crippen molar-refractivity contribution in [2.24, 2.45) is 12.1 Å². The van der Waals surface area contributed by atoms with E-state index in [2.05, 4.69) is 16.3 Å². The second kappa shape index (κ2) is 4.63. The third kappa shape index (κ3) is 2.06. The molecular formula is C14H11N5O. The molecule has 0 fully saturated rings. The standard InChI is InChI=1S/C14H11N5O/c1-18-9-11(8-16-18)13-6-14(20)19(17-13)12-4-2-3-10(5-12)7-15/h2-5,8-9H,6H2,1H3. The zero-order chi connectivity index (χ0) is 14.1. The lowest BCUT2D eigenvalue weighted by molar-refractivity contribution is -0.116. The van der Waals surface area contributed by atoms with Crippen LogP contribution in [0.3, 0.4) is 0 Å². The number of nitriles is 1. The minimum Gasteiger partial charge on any atom is -0.275 e. The van der Waals surface area contributed by atoms with E-state index < -0.39 is 0 Å². The molecular weight excluding hydrogens is 254 g/mol. The van der Waals surface area contributed by atoms with Gasteiger partial charge in [-0.05, 0) is 18.2 Å². The number of hydrogen-bond acceptors (Lipinski definition) is 4. The molecule has 0 saturated carbocycles. The SMILES string of the molecule is Cn1cc(C2=NN(c3cccc(C#N)c3)C(=O)C2)cn1. The van der Waals surface area contributed by atoms with Crippen molar-refractivity contribution in [3.8, 4) is 6.07 Å². The quantitative estimate of drug-likeness (QED) is 0.824. The summed E-state index contributed by atoms with van der Waals surface area (Å²) >= 11 is 0. The molecule has 1 aromatic heterocycles. The summed E-state index contributed by atoms with van der Waals surface area (Å²) in [4.78, 5) is 12.1. The number of amides is 1. The second-order valence-corrected chi connectivity index (χ2v) is 4.49. The minimum atomic E-state index is -0.112. The van der Waals surface area contributed by atoms with Crippen molar-refractivity contribution in [1.82, 2.24) is 9.78 Å². The van der Waals surface area contributed by atoms with Crippen LogP contribution in [0.25, 0.3) is 0 Å². The molecule has 98 valence electrons. The Morgan fingerprint density at radius 3 is 2.95 bits per heavy atom. The monoisotopic (exact) mass is 265 g/mol. The van der Waals surface area contributed by atoms with Crippen molar-refractivity contribution in [2.75, 3.05) is 5.01 Å². The maximum atomic E-state index is 12.1. The molecule has 0 bridgehead atoms. The van der Waals surface area contributed by atoms with Crippen LogP contribution in [-0.2, 0) is 11.8 Å². The van der Waals surface area contributed by atoms with Crippen molar-refractivity contribution in [3.05, 3.63) is 47.8 Å². The number of aromatic nitrogens is 2. The number of benzene rings is 1. The zero-order valence-corrected chi connectivity index (χ0v) is 10.8. The zero-order valence-electron chi connectivity index (χ0n) is 10.8. The smallest absolute Gasteiger partial charge is 0.253 e. The van der Waals surface area contributed by atoms with Crippen LogP contribution in [0.2, 0.25) is 0 Å². The van der Waals surface area contributed by atoms with Gasteiger partial charge in [0.15, 0.2) is 0 Å². The second-order valence-electron chi connectivity index (χ2n) is 4.49. The highest BCUT2D eigenvalue weighted by molar-refractivity contribution is 6.19. The Bertz CT molecular complexity index is 753. The summed E-state index contributed by atoms with van der Waals surface area (Å²) in [5, 5.41) is 18.7. The van der Waals surface area contributed by atoms with E-state index in [1.54, 1.807) is 35.1 Å². The van der Waals surface area contributed by atoms with E-state index >= 15 is 0 Å². The van der Waals surface area contributed by atoms with Gasteiger partial charge in [0, 0.05) is 18.8 Å². The van der Waals surface area contributed by atoms with Crippen molar-refractivity contribution >= 4 is 17.3 Å². The fraction of sp³-hybridized carbons (Fsp3) is 0.143. The molecule has 3 rings (SSSR count). The summed E-state index contributed by atoms with van der Waals surface area (Å²) in [6.07, 6.45) is 3.74. The van der Waals surface area contributed by atoms with Crippen LogP contribution in [0.15, 0.2) is 41.8 Å². The Morgan fingerprint density at radius 2 is 2.25 bits per heavy atom. The van der Waals surface area contributed by atoms with Crippen LogP contribution < -0.4 is 5.01 Å². The van der Waals surface area contributed by atoms with E-state index in [9.17, 15) is 4.79 Å². The summed E-state index contributed by atoms with van der Waals surface area (Å²) < 4.78 is 1.67. The van der Waals surface area contributed by atoms with Crippen LogP contribution >= 0.6 is 0 Å². The van der Waals surface area contributed by atoms with Gasteiger partial charge in [-0.1, -0.05) is 6.07 Å². The molecule has 0 spiro atoms. The molecule has 0 N–H and O–H groups in total. The Morgan fingerprint density at radius 1 is 1.40 bits per heavy atom. The number of hydrogen-bond donors (Lipinski definition) is 0. The fourth-order valence-corrected chi connectivity index (χ4v) is 2.07. The average molecular weight is 265 g/mol. The third-order valence-corrected chi connectivity index (χ3v) is 3.03. The largest absolute Gasteiger partial charge is 0.275 e. The molecule has 0 unspecified atom stereocenters. The molecule has 0 aliphatic carbocycles. The van der Waals surface area contributed by atoms with Crippen LogP contribution in [0.5, 0.6) is 0 Å². The number of aryl methyl sites for hydroxylation is 1. The third-order valence-electron chi connectivity index (χ3n) is 3.03. The molecule has 2 aromatic rings. The highest BCUT2D eigenvalue weighted by Crippen LogP contribution is 2.23. The lowest BCUT2D eigenvalue weighted by Gasteiger charge is -2.11. The topological polar surface area (TPSA) is 74.3 Å². The van der Waals surface area contributed by atoms with Crippen LogP contribution in [0.4, 0.5) is 5.69 Å². The summed E-state index contributed by atoms with van der Waals surface area (Å²) in [5.74, 6) is -0.112. The van der Waals surface area contributed by atoms with E-state index in [-0.39, 0.29) is 12.3 Å². The van der Waals surface area contributed by atoms with Crippen LogP contribution in [0.1, 0.15) is 17.5 Å². The molecule has 1 aliphatic heterocycles. The highest BCUT2D eigenvalue weighted by Gasteiger charge is 2.26. The van der Waals surface area contributed by atoms with Gasteiger partial charge in [-0.3, -0.25) is 9.48 Å². The summed E-state index contributed by atoms with van der Waals surface area (Å²) in [6.45, 7) is 0. The van der Waals surface area contributed by atoms with Gasteiger partial charge in [-0.15, -0.1) is 0 Å². The number of anilines is 1. The predicted octanol–water partition coefficient (Wildman–Crippen LogP) is 1.43. The normalized spacial score (nSPS) is 14.3. The molecule has 20 heavy (non-hydrogen) atoms. The van der Waals surface area contributed by atoms with Crippen molar-refractivity contribution in [2.45, 2.75) is 6.42 Å². The van der Waals surface area contributed by atoms with E-state index in [0.29, 0.717) is 17.0 Å². The van der Waals surface area contributed by atoms with Gasteiger partial charge in [0.1, 0.15) is 0 Å². The molecule has 6 heteroatoms. The van der Waals surface area contributed by atoms with Crippen LogP contribution in [0, 0.1) is 11.3 Å². The molecule has 1 aliphatic rings. The molecule has 0 saturated heterocycles. The van der Waals surface area contributed by atoms with Gasteiger partial charge in [0.05, 0.1) is 35.6 Å². The molecule has 1 amide bonds. The molecule has 6 nitrogen and oxygen atoms in total. The lowest BCUT2D eigenvalue weighted by Crippen LogP contribution is -2.19. The van der Waals surface area contributed by atoms with Gasteiger partial charge in [-0.25, -0.2) is 5.01 Å². The van der Waals surface area contributed by atoms with Crippen LogP contribution in [-0.4, -0.2) is 21.4 Å². The summed E-state index contributed by atoms with van der Waals surface area (Å²) in [5.41, 5.74) is 2.62. The predicted molar refractivity (Wildman–Crippen MR) is 73.0 cm³/mol. The number of carbonyl (C=O) groups excluding carboxylic acids is 1. The van der Waals surface area contributed by atoms with E-state index in [4.69, 9.17) is 5.26 Å². The Balaban J connectivity index is 1.96. The first-order chi connectivity index (χ1) is 9.67. The molecule has 0 radical (unpaired) electrons. The minimum absolute atomic E-state index is 0.112. The Labute approximate surface area is 115 Å². The van der Waals surface area contributed by atoms with Crippen molar-refractivity contribution < 1.29 is 4.79 Å². The van der Waals surface area contributed by atoms with Gasteiger partial charge < -0.3 is 0 Å². The number of rotatable bonds is 2. The fourth-order valence-electron chi connectivity index (χ4n) is 2.07. The molecule has 0 atom stereocenters. The first kappa shape index (κ1) is 12.1.